The van der Waals surface area contributed by atoms with Crippen molar-refractivity contribution >= 4 is 5.91 Å². The molecule has 0 saturated carbocycles. The van der Waals surface area contributed by atoms with E-state index in [0.29, 0.717) is 6.54 Å². The van der Waals surface area contributed by atoms with E-state index in [9.17, 15) is 4.79 Å². The molecule has 1 amide bonds. The van der Waals surface area contributed by atoms with Gasteiger partial charge in [-0.05, 0) is 20.3 Å². The first kappa shape index (κ1) is 10.4. The molecule has 1 unspecified atom stereocenters. The SMILES string of the molecule is CCCN(CC)C(=O)C(C)O. The Balaban J connectivity index is 3.92. The molecule has 0 radical (unpaired) electrons. The number of likely N-dealkylation sites (N-methyl/N-ethyl adjacent to an activating group) is 1. The van der Waals surface area contributed by atoms with Gasteiger partial charge in [0.15, 0.2) is 0 Å². The summed E-state index contributed by atoms with van der Waals surface area (Å²) in [5.74, 6) is -0.172. The molecule has 0 rings (SSSR count). The van der Waals surface area contributed by atoms with Crippen LogP contribution in [-0.4, -0.2) is 35.1 Å². The van der Waals surface area contributed by atoms with Crippen LogP contribution in [0.5, 0.6) is 0 Å². The minimum atomic E-state index is -0.860. The molecule has 0 aliphatic rings. The van der Waals surface area contributed by atoms with Crippen molar-refractivity contribution in [2.75, 3.05) is 13.1 Å². The van der Waals surface area contributed by atoms with Crippen molar-refractivity contribution in [3.8, 4) is 0 Å². The van der Waals surface area contributed by atoms with Gasteiger partial charge in [-0.25, -0.2) is 0 Å². The fourth-order valence-electron chi connectivity index (χ4n) is 0.958. The van der Waals surface area contributed by atoms with Crippen molar-refractivity contribution in [3.05, 3.63) is 0 Å². The standard InChI is InChI=1S/C8H17NO2/c1-4-6-9(5-2)8(11)7(3)10/h7,10H,4-6H2,1-3H3. The second-order valence-corrected chi connectivity index (χ2v) is 2.59. The van der Waals surface area contributed by atoms with Gasteiger partial charge in [-0.3, -0.25) is 4.79 Å². The van der Waals surface area contributed by atoms with Crippen molar-refractivity contribution in [3.63, 3.8) is 0 Å². The smallest absolute Gasteiger partial charge is 0.251 e. The lowest BCUT2D eigenvalue weighted by atomic mass is 10.3. The van der Waals surface area contributed by atoms with Crippen LogP contribution in [0.3, 0.4) is 0 Å². The lowest BCUT2D eigenvalue weighted by Crippen LogP contribution is -2.38. The highest BCUT2D eigenvalue weighted by Crippen LogP contribution is 1.95. The first-order chi connectivity index (χ1) is 5.13. The summed E-state index contributed by atoms with van der Waals surface area (Å²) < 4.78 is 0. The molecule has 3 heteroatoms. The predicted octanol–water partition coefficient (Wildman–Crippen LogP) is 0.626. The lowest BCUT2D eigenvalue weighted by Gasteiger charge is -2.21. The van der Waals surface area contributed by atoms with Crippen molar-refractivity contribution in [1.29, 1.82) is 0 Å². The van der Waals surface area contributed by atoms with E-state index in [-0.39, 0.29) is 5.91 Å². The molecule has 0 saturated heterocycles. The van der Waals surface area contributed by atoms with Crippen LogP contribution in [0, 0.1) is 0 Å². The Morgan fingerprint density at radius 2 is 2.09 bits per heavy atom. The van der Waals surface area contributed by atoms with E-state index in [2.05, 4.69) is 0 Å². The minimum Gasteiger partial charge on any atom is -0.384 e. The van der Waals surface area contributed by atoms with Crippen molar-refractivity contribution in [1.82, 2.24) is 4.90 Å². The summed E-state index contributed by atoms with van der Waals surface area (Å²) in [4.78, 5) is 12.8. The van der Waals surface area contributed by atoms with Gasteiger partial charge in [0.1, 0.15) is 6.10 Å². The molecule has 1 atom stereocenters. The number of nitrogens with zero attached hydrogens (tertiary/aromatic N) is 1. The Kier molecular flexibility index (Phi) is 4.86. The maximum atomic E-state index is 11.1. The number of hydrogen-bond donors (Lipinski definition) is 1. The average molecular weight is 159 g/mol. The summed E-state index contributed by atoms with van der Waals surface area (Å²) in [5, 5.41) is 8.96. The largest absolute Gasteiger partial charge is 0.384 e. The van der Waals surface area contributed by atoms with Gasteiger partial charge >= 0.3 is 0 Å². The Hall–Kier alpha value is -0.570. The summed E-state index contributed by atoms with van der Waals surface area (Å²) in [6.07, 6.45) is 0.0771. The maximum absolute atomic E-state index is 11.1. The molecule has 0 bridgehead atoms. The average Bonchev–Trinajstić information content (AvgIpc) is 1.98. The third kappa shape index (κ3) is 3.37. The highest BCUT2D eigenvalue weighted by atomic mass is 16.3. The number of hydrogen-bond acceptors (Lipinski definition) is 2. The van der Waals surface area contributed by atoms with Crippen LogP contribution in [0.25, 0.3) is 0 Å². The number of carbonyl (C=O) groups excluding carboxylic acids is 1. The van der Waals surface area contributed by atoms with Gasteiger partial charge < -0.3 is 10.0 Å². The maximum Gasteiger partial charge on any atom is 0.251 e. The second kappa shape index (κ2) is 5.13. The molecule has 3 nitrogen and oxygen atoms in total. The molecule has 11 heavy (non-hydrogen) atoms. The van der Waals surface area contributed by atoms with Gasteiger partial charge in [-0.1, -0.05) is 6.92 Å². The Labute approximate surface area is 68.0 Å². The van der Waals surface area contributed by atoms with Crippen LogP contribution in [0.4, 0.5) is 0 Å². The van der Waals surface area contributed by atoms with Crippen LogP contribution < -0.4 is 0 Å². The first-order valence-corrected chi connectivity index (χ1v) is 4.10. The summed E-state index contributed by atoms with van der Waals surface area (Å²) in [6, 6.07) is 0. The predicted molar refractivity (Wildman–Crippen MR) is 44.2 cm³/mol. The second-order valence-electron chi connectivity index (χ2n) is 2.59. The molecule has 0 aromatic heterocycles. The van der Waals surface area contributed by atoms with E-state index in [1.54, 1.807) is 4.90 Å². The van der Waals surface area contributed by atoms with Crippen LogP contribution >= 0.6 is 0 Å². The molecule has 0 spiro atoms. The highest BCUT2D eigenvalue weighted by Gasteiger charge is 2.14. The molecule has 0 aromatic carbocycles. The Morgan fingerprint density at radius 3 is 2.36 bits per heavy atom. The molecule has 0 heterocycles. The van der Waals surface area contributed by atoms with Gasteiger partial charge in [0, 0.05) is 13.1 Å². The van der Waals surface area contributed by atoms with Gasteiger partial charge in [0.05, 0.1) is 0 Å². The Morgan fingerprint density at radius 1 is 1.55 bits per heavy atom. The van der Waals surface area contributed by atoms with Crippen molar-refractivity contribution in [2.45, 2.75) is 33.3 Å². The van der Waals surface area contributed by atoms with E-state index in [4.69, 9.17) is 5.11 Å². The van der Waals surface area contributed by atoms with Crippen LogP contribution in [-0.2, 0) is 4.79 Å². The van der Waals surface area contributed by atoms with Gasteiger partial charge in [0.25, 0.3) is 5.91 Å². The molecule has 0 fully saturated rings. The minimum absolute atomic E-state index is 0.172. The van der Waals surface area contributed by atoms with Crippen molar-refractivity contribution in [2.24, 2.45) is 0 Å². The van der Waals surface area contributed by atoms with Crippen LogP contribution in [0.15, 0.2) is 0 Å². The number of carbonyl (C=O) groups is 1. The topological polar surface area (TPSA) is 40.5 Å². The zero-order chi connectivity index (χ0) is 8.85. The summed E-state index contributed by atoms with van der Waals surface area (Å²) >= 11 is 0. The molecular weight excluding hydrogens is 142 g/mol. The zero-order valence-corrected chi connectivity index (χ0v) is 7.50. The Bertz CT molecular complexity index is 123. The van der Waals surface area contributed by atoms with Crippen LogP contribution in [0.1, 0.15) is 27.2 Å². The number of amides is 1. The van der Waals surface area contributed by atoms with Crippen LogP contribution in [0.2, 0.25) is 0 Å². The number of aliphatic hydroxyl groups is 1. The molecule has 1 N–H and O–H groups in total. The quantitative estimate of drug-likeness (QED) is 0.653. The molecule has 66 valence electrons. The third-order valence-electron chi connectivity index (χ3n) is 1.54. The monoisotopic (exact) mass is 159 g/mol. The lowest BCUT2D eigenvalue weighted by molar-refractivity contribution is -0.139. The highest BCUT2D eigenvalue weighted by molar-refractivity contribution is 5.80. The van der Waals surface area contributed by atoms with E-state index in [1.165, 1.54) is 6.92 Å². The normalized spacial score (nSPS) is 12.7. The van der Waals surface area contributed by atoms with Gasteiger partial charge in [-0.2, -0.15) is 0 Å². The number of aliphatic hydroxyl groups excluding tert-OH is 1. The van der Waals surface area contributed by atoms with Gasteiger partial charge in [-0.15, -0.1) is 0 Å². The molecular formula is C8H17NO2. The summed E-state index contributed by atoms with van der Waals surface area (Å²) in [6.45, 7) is 6.84. The summed E-state index contributed by atoms with van der Waals surface area (Å²) in [5.41, 5.74) is 0. The molecule has 0 aliphatic carbocycles. The fraction of sp³-hybridized carbons (Fsp3) is 0.875. The first-order valence-electron chi connectivity index (χ1n) is 4.10. The zero-order valence-electron chi connectivity index (χ0n) is 7.50. The van der Waals surface area contributed by atoms with E-state index >= 15 is 0 Å². The fourth-order valence-corrected chi connectivity index (χ4v) is 0.958. The molecule has 0 aliphatic heterocycles. The van der Waals surface area contributed by atoms with E-state index in [0.717, 1.165) is 13.0 Å². The van der Waals surface area contributed by atoms with E-state index in [1.807, 2.05) is 13.8 Å². The summed E-state index contributed by atoms with van der Waals surface area (Å²) in [7, 11) is 0. The number of rotatable bonds is 4. The third-order valence-corrected chi connectivity index (χ3v) is 1.54. The van der Waals surface area contributed by atoms with E-state index < -0.39 is 6.10 Å². The van der Waals surface area contributed by atoms with Crippen molar-refractivity contribution < 1.29 is 9.90 Å². The van der Waals surface area contributed by atoms with Gasteiger partial charge in [0.2, 0.25) is 0 Å². The molecule has 0 aromatic rings.